The van der Waals surface area contributed by atoms with Gasteiger partial charge in [0.1, 0.15) is 13.2 Å². The summed E-state index contributed by atoms with van der Waals surface area (Å²) in [5, 5.41) is 13.9. The lowest BCUT2D eigenvalue weighted by molar-refractivity contribution is -0.870. The number of quaternary nitrogens is 1. The van der Waals surface area contributed by atoms with Crippen LogP contribution in [0.2, 0.25) is 0 Å². The van der Waals surface area contributed by atoms with Crippen LogP contribution in [0, 0.1) is 0 Å². The second-order valence-electron chi connectivity index (χ2n) is 17.8. The molecule has 56 heavy (non-hydrogen) atoms. The molecule has 0 saturated heterocycles. The molecular weight excluding hydrogens is 719 g/mol. The number of hydrogen-bond donors (Lipinski definition) is 2. The van der Waals surface area contributed by atoms with Gasteiger partial charge in [0.05, 0.1) is 39.9 Å². The molecule has 0 bridgehead atoms. The van der Waals surface area contributed by atoms with E-state index in [0.29, 0.717) is 23.9 Å². The van der Waals surface area contributed by atoms with Gasteiger partial charge in [-0.1, -0.05) is 199 Å². The minimum absolute atomic E-state index is 0.0142. The first-order chi connectivity index (χ1) is 27.0. The van der Waals surface area contributed by atoms with E-state index in [4.69, 9.17) is 9.05 Å². The lowest BCUT2D eigenvalue weighted by Crippen LogP contribution is -2.46. The van der Waals surface area contributed by atoms with Gasteiger partial charge < -0.3 is 28.8 Å². The maximum Gasteiger partial charge on any atom is 0.268 e. The van der Waals surface area contributed by atoms with Crippen LogP contribution in [0.3, 0.4) is 0 Å². The third-order valence-electron chi connectivity index (χ3n) is 11.0. The average Bonchev–Trinajstić information content (AvgIpc) is 3.15. The standard InChI is InChI=1S/C47H95N2O6P/c1-6-8-10-12-14-16-18-20-21-22-23-24-25-26-27-29-31-33-35-37-39-41-47(51)48-45(44-55-56(52,53)54-43-42-49(3,4)5)46(50)40-38-36-34-32-30-28-19-17-15-13-11-9-7-2/h20-21,45-46,50H,6-19,22-44H2,1-5H3,(H-,48,51,52,53)/b21-20+/t45-,46+/m0/s1. The van der Waals surface area contributed by atoms with Crippen LogP contribution in [0.25, 0.3) is 0 Å². The summed E-state index contributed by atoms with van der Waals surface area (Å²) in [5.41, 5.74) is 0. The van der Waals surface area contributed by atoms with Gasteiger partial charge in [0.15, 0.2) is 0 Å². The number of carbonyl (C=O) groups excluding carboxylic acids is 1. The molecule has 1 unspecified atom stereocenters. The van der Waals surface area contributed by atoms with Crippen molar-refractivity contribution >= 4 is 13.7 Å². The summed E-state index contributed by atoms with van der Waals surface area (Å²) in [6, 6.07) is -0.796. The van der Waals surface area contributed by atoms with Crippen molar-refractivity contribution in [2.45, 2.75) is 244 Å². The number of likely N-dealkylation sites (N-methyl/N-ethyl adjacent to an activating group) is 1. The predicted octanol–water partition coefficient (Wildman–Crippen LogP) is 12.9. The minimum Gasteiger partial charge on any atom is -0.756 e. The summed E-state index contributed by atoms with van der Waals surface area (Å²) >= 11 is 0. The van der Waals surface area contributed by atoms with Gasteiger partial charge in [0, 0.05) is 6.42 Å². The number of unbranched alkanes of at least 4 members (excludes halogenated alkanes) is 29. The molecule has 8 nitrogen and oxygen atoms in total. The summed E-state index contributed by atoms with van der Waals surface area (Å²) < 4.78 is 23.3. The number of hydrogen-bond acceptors (Lipinski definition) is 6. The van der Waals surface area contributed by atoms with Crippen molar-refractivity contribution in [1.29, 1.82) is 0 Å². The third-order valence-corrected chi connectivity index (χ3v) is 12.0. The first kappa shape index (κ1) is 55.2. The molecule has 1 amide bonds. The smallest absolute Gasteiger partial charge is 0.268 e. The topological polar surface area (TPSA) is 108 Å². The normalized spacial score (nSPS) is 14.3. The summed E-state index contributed by atoms with van der Waals surface area (Å²) in [4.78, 5) is 25.4. The molecule has 0 saturated carbocycles. The molecule has 0 aliphatic heterocycles. The molecule has 0 aromatic heterocycles. The van der Waals surface area contributed by atoms with Gasteiger partial charge in [-0.25, -0.2) is 0 Å². The molecule has 0 aromatic carbocycles. The van der Waals surface area contributed by atoms with Crippen molar-refractivity contribution in [2.24, 2.45) is 0 Å². The van der Waals surface area contributed by atoms with E-state index in [1.807, 2.05) is 21.1 Å². The summed E-state index contributed by atoms with van der Waals surface area (Å²) in [7, 11) is 1.31. The number of aliphatic hydroxyl groups excluding tert-OH is 1. The van der Waals surface area contributed by atoms with Gasteiger partial charge in [0.25, 0.3) is 7.82 Å². The van der Waals surface area contributed by atoms with E-state index in [1.165, 1.54) is 167 Å². The van der Waals surface area contributed by atoms with Crippen LogP contribution < -0.4 is 10.2 Å². The molecule has 0 aromatic rings. The number of nitrogens with one attached hydrogen (secondary N) is 1. The van der Waals surface area contributed by atoms with Crippen molar-refractivity contribution in [2.75, 3.05) is 40.9 Å². The average molecular weight is 815 g/mol. The highest BCUT2D eigenvalue weighted by atomic mass is 31.2. The Morgan fingerprint density at radius 3 is 1.39 bits per heavy atom. The summed E-state index contributed by atoms with van der Waals surface area (Å²) in [5.74, 6) is -0.164. The van der Waals surface area contributed by atoms with Gasteiger partial charge >= 0.3 is 0 Å². The first-order valence-electron chi connectivity index (χ1n) is 24.0. The Bertz CT molecular complexity index is 927. The Morgan fingerprint density at radius 1 is 0.607 bits per heavy atom. The second kappa shape index (κ2) is 39.7. The van der Waals surface area contributed by atoms with Gasteiger partial charge in [-0.3, -0.25) is 9.36 Å². The lowest BCUT2D eigenvalue weighted by Gasteiger charge is -2.30. The fourth-order valence-corrected chi connectivity index (χ4v) is 7.88. The van der Waals surface area contributed by atoms with Crippen molar-refractivity contribution in [3.05, 3.63) is 12.2 Å². The summed E-state index contributed by atoms with van der Waals surface area (Å²) in [6.45, 7) is 4.73. The van der Waals surface area contributed by atoms with E-state index >= 15 is 0 Å². The molecule has 0 spiro atoms. The Kier molecular flexibility index (Phi) is 39.1. The zero-order valence-electron chi connectivity index (χ0n) is 37.9. The Balaban J connectivity index is 4.24. The first-order valence-corrected chi connectivity index (χ1v) is 25.5. The van der Waals surface area contributed by atoms with Crippen molar-refractivity contribution < 1.29 is 32.9 Å². The fourth-order valence-electron chi connectivity index (χ4n) is 7.15. The van der Waals surface area contributed by atoms with E-state index in [9.17, 15) is 19.4 Å². The zero-order chi connectivity index (χ0) is 41.4. The number of amides is 1. The Labute approximate surface area is 348 Å². The highest BCUT2D eigenvalue weighted by molar-refractivity contribution is 7.45. The van der Waals surface area contributed by atoms with E-state index < -0.39 is 20.0 Å². The van der Waals surface area contributed by atoms with Crippen LogP contribution >= 0.6 is 7.82 Å². The molecule has 2 N–H and O–H groups in total. The van der Waals surface area contributed by atoms with Crippen molar-refractivity contribution in [3.63, 3.8) is 0 Å². The predicted molar refractivity (Wildman–Crippen MR) is 238 cm³/mol. The van der Waals surface area contributed by atoms with Gasteiger partial charge in [0.2, 0.25) is 5.91 Å². The number of allylic oxidation sites excluding steroid dienone is 2. The van der Waals surface area contributed by atoms with Crippen LogP contribution in [-0.4, -0.2) is 68.5 Å². The van der Waals surface area contributed by atoms with E-state index in [-0.39, 0.29) is 19.1 Å². The minimum atomic E-state index is -4.56. The zero-order valence-corrected chi connectivity index (χ0v) is 38.7. The van der Waals surface area contributed by atoms with E-state index in [0.717, 1.165) is 38.5 Å². The number of phosphoric acid groups is 1. The molecule has 0 rings (SSSR count). The van der Waals surface area contributed by atoms with Crippen LogP contribution in [-0.2, 0) is 18.4 Å². The SMILES string of the molecule is CCCCCCCC/C=C/CCCCCCCCCCCCCC(=O)N[C@@H](COP(=O)([O-])OCC[N+](C)(C)C)[C@H](O)CCCCCCCCCCCCCCC. The highest BCUT2D eigenvalue weighted by Gasteiger charge is 2.24. The number of aliphatic hydroxyl groups is 1. The largest absolute Gasteiger partial charge is 0.756 e. The van der Waals surface area contributed by atoms with Crippen LogP contribution in [0.1, 0.15) is 232 Å². The lowest BCUT2D eigenvalue weighted by atomic mass is 10.0. The van der Waals surface area contributed by atoms with Gasteiger partial charge in [-0.2, -0.15) is 0 Å². The maximum absolute atomic E-state index is 12.9. The molecule has 3 atom stereocenters. The van der Waals surface area contributed by atoms with Gasteiger partial charge in [-0.05, 0) is 38.5 Å². The van der Waals surface area contributed by atoms with Crippen molar-refractivity contribution in [3.8, 4) is 0 Å². The highest BCUT2D eigenvalue weighted by Crippen LogP contribution is 2.38. The molecule has 0 aliphatic rings. The number of nitrogens with zero attached hydrogens (tertiary/aromatic N) is 1. The monoisotopic (exact) mass is 815 g/mol. The van der Waals surface area contributed by atoms with Crippen LogP contribution in [0.4, 0.5) is 0 Å². The fraction of sp³-hybridized carbons (Fsp3) is 0.936. The number of rotatable bonds is 44. The molecular formula is C47H95N2O6P. The van der Waals surface area contributed by atoms with E-state index in [1.54, 1.807) is 0 Å². The molecule has 0 heterocycles. The summed E-state index contributed by atoms with van der Waals surface area (Å²) in [6.07, 6.45) is 45.0. The molecule has 9 heteroatoms. The maximum atomic E-state index is 12.9. The van der Waals surface area contributed by atoms with Crippen LogP contribution in [0.5, 0.6) is 0 Å². The number of phosphoric ester groups is 1. The van der Waals surface area contributed by atoms with E-state index in [2.05, 4.69) is 31.3 Å². The molecule has 0 fully saturated rings. The molecule has 334 valence electrons. The third kappa shape index (κ3) is 41.4. The second-order valence-corrected chi connectivity index (χ2v) is 19.2. The quantitative estimate of drug-likeness (QED) is 0.0274. The molecule has 0 radical (unpaired) electrons. The van der Waals surface area contributed by atoms with Crippen LogP contribution in [0.15, 0.2) is 12.2 Å². The van der Waals surface area contributed by atoms with Crippen molar-refractivity contribution in [1.82, 2.24) is 5.32 Å². The molecule has 0 aliphatic carbocycles. The number of carbonyl (C=O) groups is 1. The Morgan fingerprint density at radius 2 is 0.982 bits per heavy atom. The Hall–Kier alpha value is -0.760. The van der Waals surface area contributed by atoms with Gasteiger partial charge in [-0.15, -0.1) is 0 Å².